The lowest BCUT2D eigenvalue weighted by Crippen LogP contribution is -2.12. The van der Waals surface area contributed by atoms with Gasteiger partial charge in [0.1, 0.15) is 5.75 Å². The van der Waals surface area contributed by atoms with Gasteiger partial charge in [0.25, 0.3) is 0 Å². The van der Waals surface area contributed by atoms with E-state index in [1.807, 2.05) is 25.1 Å². The van der Waals surface area contributed by atoms with Crippen LogP contribution in [0.25, 0.3) is 0 Å². The first-order valence-corrected chi connectivity index (χ1v) is 6.89. The van der Waals surface area contributed by atoms with Crippen LogP contribution in [0.1, 0.15) is 27.6 Å². The molecule has 1 aromatic heterocycles. The van der Waals surface area contributed by atoms with E-state index >= 15 is 0 Å². The lowest BCUT2D eigenvalue weighted by Gasteiger charge is -2.17. The molecule has 2 rings (SSSR count). The van der Waals surface area contributed by atoms with Crippen molar-refractivity contribution in [3.8, 4) is 5.75 Å². The van der Waals surface area contributed by atoms with Crippen LogP contribution in [-0.2, 0) is 0 Å². The van der Waals surface area contributed by atoms with Crippen LogP contribution in [0.15, 0.2) is 24.3 Å². The smallest absolute Gasteiger partial charge is 0.127 e. The molecular weight excluding hydrogens is 266 g/mol. The highest BCUT2D eigenvalue weighted by molar-refractivity contribution is 7.16. The summed E-state index contributed by atoms with van der Waals surface area (Å²) < 4.78 is 6.25. The standard InChI is InChI=1S/C14H16ClNOS/c1-8-4-5-10(14(17-3)9(8)2)13(16)11-6-7-12(15)18-11/h4-7,13H,16H2,1-3H3. The molecule has 1 heterocycles. The normalized spacial score (nSPS) is 12.5. The molecule has 0 amide bonds. The molecule has 1 unspecified atom stereocenters. The highest BCUT2D eigenvalue weighted by atomic mass is 35.5. The SMILES string of the molecule is COc1c(C(N)c2ccc(Cl)s2)ccc(C)c1C. The minimum absolute atomic E-state index is 0.197. The summed E-state index contributed by atoms with van der Waals surface area (Å²) in [6, 6.07) is 7.74. The van der Waals surface area contributed by atoms with Gasteiger partial charge in [0.2, 0.25) is 0 Å². The molecule has 18 heavy (non-hydrogen) atoms. The average Bonchev–Trinajstić information content (AvgIpc) is 2.78. The first kappa shape index (κ1) is 13.4. The van der Waals surface area contributed by atoms with E-state index in [1.54, 1.807) is 7.11 Å². The zero-order chi connectivity index (χ0) is 13.3. The van der Waals surface area contributed by atoms with Crippen molar-refractivity contribution in [3.05, 3.63) is 50.2 Å². The van der Waals surface area contributed by atoms with Crippen molar-refractivity contribution >= 4 is 22.9 Å². The largest absolute Gasteiger partial charge is 0.496 e. The maximum Gasteiger partial charge on any atom is 0.127 e. The highest BCUT2D eigenvalue weighted by Gasteiger charge is 2.18. The molecule has 96 valence electrons. The highest BCUT2D eigenvalue weighted by Crippen LogP contribution is 2.36. The Balaban J connectivity index is 2.48. The van der Waals surface area contributed by atoms with Gasteiger partial charge in [-0.05, 0) is 37.1 Å². The summed E-state index contributed by atoms with van der Waals surface area (Å²) in [5.74, 6) is 0.868. The van der Waals surface area contributed by atoms with Gasteiger partial charge >= 0.3 is 0 Å². The van der Waals surface area contributed by atoms with E-state index in [0.717, 1.165) is 26.1 Å². The lowest BCUT2D eigenvalue weighted by atomic mass is 9.99. The van der Waals surface area contributed by atoms with Crippen LogP contribution in [0, 0.1) is 13.8 Å². The van der Waals surface area contributed by atoms with Crippen LogP contribution in [0.3, 0.4) is 0 Å². The van der Waals surface area contributed by atoms with E-state index < -0.39 is 0 Å². The van der Waals surface area contributed by atoms with Gasteiger partial charge in [-0.1, -0.05) is 23.7 Å². The Morgan fingerprint density at radius 2 is 1.94 bits per heavy atom. The monoisotopic (exact) mass is 281 g/mol. The van der Waals surface area contributed by atoms with Gasteiger partial charge in [-0.2, -0.15) is 0 Å². The van der Waals surface area contributed by atoms with E-state index in [4.69, 9.17) is 22.1 Å². The summed E-state index contributed by atoms with van der Waals surface area (Å²) in [7, 11) is 1.68. The minimum atomic E-state index is -0.197. The predicted molar refractivity (Wildman–Crippen MR) is 77.8 cm³/mol. The molecule has 2 nitrogen and oxygen atoms in total. The number of halogens is 1. The fourth-order valence-electron chi connectivity index (χ4n) is 1.98. The molecule has 0 aliphatic carbocycles. The number of aryl methyl sites for hydroxylation is 1. The zero-order valence-electron chi connectivity index (χ0n) is 10.7. The Labute approximate surface area is 116 Å². The van der Waals surface area contributed by atoms with Crippen molar-refractivity contribution in [2.45, 2.75) is 19.9 Å². The number of benzene rings is 1. The molecule has 2 aromatic rings. The summed E-state index contributed by atoms with van der Waals surface area (Å²) >= 11 is 7.46. The Kier molecular flexibility index (Phi) is 3.95. The van der Waals surface area contributed by atoms with E-state index in [-0.39, 0.29) is 6.04 Å². The molecule has 0 radical (unpaired) electrons. The third-order valence-corrected chi connectivity index (χ3v) is 4.46. The van der Waals surface area contributed by atoms with Crippen molar-refractivity contribution in [2.24, 2.45) is 5.73 Å². The van der Waals surface area contributed by atoms with E-state index in [0.29, 0.717) is 0 Å². The topological polar surface area (TPSA) is 35.2 Å². The molecule has 0 saturated carbocycles. The zero-order valence-corrected chi connectivity index (χ0v) is 12.2. The van der Waals surface area contributed by atoms with Crippen LogP contribution in [-0.4, -0.2) is 7.11 Å². The van der Waals surface area contributed by atoms with Gasteiger partial charge < -0.3 is 10.5 Å². The molecule has 0 saturated heterocycles. The molecule has 4 heteroatoms. The summed E-state index contributed by atoms with van der Waals surface area (Å²) in [5.41, 5.74) is 9.63. The van der Waals surface area contributed by atoms with Crippen LogP contribution < -0.4 is 10.5 Å². The van der Waals surface area contributed by atoms with Crippen LogP contribution in [0.5, 0.6) is 5.75 Å². The van der Waals surface area contributed by atoms with Crippen LogP contribution in [0.4, 0.5) is 0 Å². The van der Waals surface area contributed by atoms with Gasteiger partial charge in [0.15, 0.2) is 0 Å². The van der Waals surface area contributed by atoms with Gasteiger partial charge in [-0.15, -0.1) is 11.3 Å². The van der Waals surface area contributed by atoms with Crippen LogP contribution in [0.2, 0.25) is 4.34 Å². The Morgan fingerprint density at radius 3 is 2.50 bits per heavy atom. The molecule has 0 aliphatic rings. The summed E-state index contributed by atoms with van der Waals surface area (Å²) in [6.07, 6.45) is 0. The summed E-state index contributed by atoms with van der Waals surface area (Å²) in [5, 5.41) is 0. The molecule has 0 fully saturated rings. The second kappa shape index (κ2) is 5.31. The Hall–Kier alpha value is -1.03. The number of hydrogen-bond acceptors (Lipinski definition) is 3. The Bertz CT molecular complexity index is 565. The van der Waals surface area contributed by atoms with Crippen molar-refractivity contribution in [2.75, 3.05) is 7.11 Å². The number of nitrogens with two attached hydrogens (primary N) is 1. The number of hydrogen-bond donors (Lipinski definition) is 1. The molecule has 0 aliphatic heterocycles. The number of methoxy groups -OCH3 is 1. The second-order valence-electron chi connectivity index (χ2n) is 4.25. The van der Waals surface area contributed by atoms with Gasteiger partial charge in [-0.25, -0.2) is 0 Å². The first-order valence-electron chi connectivity index (χ1n) is 5.69. The summed E-state index contributed by atoms with van der Waals surface area (Å²) in [4.78, 5) is 1.04. The lowest BCUT2D eigenvalue weighted by molar-refractivity contribution is 0.404. The molecule has 2 N–H and O–H groups in total. The Morgan fingerprint density at radius 1 is 1.22 bits per heavy atom. The van der Waals surface area contributed by atoms with Gasteiger partial charge in [-0.3, -0.25) is 0 Å². The molecule has 0 bridgehead atoms. The van der Waals surface area contributed by atoms with Crippen molar-refractivity contribution in [1.29, 1.82) is 0 Å². The number of ether oxygens (including phenoxy) is 1. The minimum Gasteiger partial charge on any atom is -0.496 e. The molecular formula is C14H16ClNOS. The first-order chi connectivity index (χ1) is 8.54. The molecule has 1 atom stereocenters. The second-order valence-corrected chi connectivity index (χ2v) is 6.00. The summed E-state index contributed by atoms with van der Waals surface area (Å²) in [6.45, 7) is 4.11. The predicted octanol–water partition coefficient (Wildman–Crippen LogP) is 4.08. The third kappa shape index (κ3) is 2.39. The molecule has 0 spiro atoms. The number of rotatable bonds is 3. The number of thiophene rings is 1. The molecule has 1 aromatic carbocycles. The van der Waals surface area contributed by atoms with Crippen molar-refractivity contribution in [1.82, 2.24) is 0 Å². The third-order valence-electron chi connectivity index (χ3n) is 3.15. The fraction of sp³-hybridized carbons (Fsp3) is 0.286. The van der Waals surface area contributed by atoms with Gasteiger partial charge in [0, 0.05) is 10.4 Å². The van der Waals surface area contributed by atoms with Crippen molar-refractivity contribution in [3.63, 3.8) is 0 Å². The van der Waals surface area contributed by atoms with Crippen LogP contribution >= 0.6 is 22.9 Å². The fourth-order valence-corrected chi connectivity index (χ4v) is 3.06. The van der Waals surface area contributed by atoms with Gasteiger partial charge in [0.05, 0.1) is 17.5 Å². The van der Waals surface area contributed by atoms with Crippen molar-refractivity contribution < 1.29 is 4.74 Å². The quantitative estimate of drug-likeness (QED) is 0.920. The maximum absolute atomic E-state index is 6.30. The van der Waals surface area contributed by atoms with E-state index in [2.05, 4.69) is 13.0 Å². The maximum atomic E-state index is 6.30. The van der Waals surface area contributed by atoms with E-state index in [1.165, 1.54) is 16.9 Å². The van der Waals surface area contributed by atoms with E-state index in [9.17, 15) is 0 Å². The average molecular weight is 282 g/mol.